The first-order valence-electron chi connectivity index (χ1n) is 12.7. The van der Waals surface area contributed by atoms with Gasteiger partial charge in [0.1, 0.15) is 0 Å². The van der Waals surface area contributed by atoms with E-state index >= 15 is 0 Å². The Bertz CT molecular complexity index is 624. The fraction of sp³-hybridized carbons (Fsp3) is 0.926. The van der Waals surface area contributed by atoms with Gasteiger partial charge in [-0.2, -0.15) is 0 Å². The van der Waals surface area contributed by atoms with Crippen LogP contribution in [0.5, 0.6) is 0 Å². The van der Waals surface area contributed by atoms with E-state index in [1.807, 2.05) is 0 Å². The highest BCUT2D eigenvalue weighted by molar-refractivity contribution is 5.27. The summed E-state index contributed by atoms with van der Waals surface area (Å²) < 4.78 is 0. The maximum atomic E-state index is 11.1. The lowest BCUT2D eigenvalue weighted by molar-refractivity contribution is -0.108. The lowest BCUT2D eigenvalue weighted by Crippen LogP contribution is -2.55. The summed E-state index contributed by atoms with van der Waals surface area (Å²) >= 11 is 0. The molecule has 3 saturated carbocycles. The van der Waals surface area contributed by atoms with Crippen molar-refractivity contribution < 1.29 is 10.2 Å². The van der Waals surface area contributed by atoms with Gasteiger partial charge in [-0.05, 0) is 79.4 Å². The second-order valence-electron chi connectivity index (χ2n) is 12.3. The van der Waals surface area contributed by atoms with E-state index in [0.29, 0.717) is 17.8 Å². The minimum absolute atomic E-state index is 0.0928. The van der Waals surface area contributed by atoms with E-state index in [0.717, 1.165) is 36.0 Å². The fourth-order valence-corrected chi connectivity index (χ4v) is 8.73. The van der Waals surface area contributed by atoms with Crippen molar-refractivity contribution in [2.75, 3.05) is 0 Å². The van der Waals surface area contributed by atoms with Crippen LogP contribution in [0.3, 0.4) is 0 Å². The van der Waals surface area contributed by atoms with E-state index in [1.54, 1.807) is 0 Å². The summed E-state index contributed by atoms with van der Waals surface area (Å²) in [5.74, 6) is 4.73. The number of aliphatic hydroxyl groups excluding tert-OH is 2. The number of rotatable bonds is 5. The summed E-state index contributed by atoms with van der Waals surface area (Å²) in [6.07, 6.45) is 13.8. The summed E-state index contributed by atoms with van der Waals surface area (Å²) in [6.45, 7) is 12.2. The van der Waals surface area contributed by atoms with Crippen LogP contribution in [0.2, 0.25) is 0 Å². The van der Waals surface area contributed by atoms with E-state index in [1.165, 1.54) is 56.9 Å². The third-order valence-electron chi connectivity index (χ3n) is 10.4. The zero-order valence-electron chi connectivity index (χ0n) is 19.7. The molecule has 0 radical (unpaired) electrons. The minimum Gasteiger partial charge on any atom is -0.393 e. The molecule has 0 aromatic rings. The molecule has 0 aromatic carbocycles. The van der Waals surface area contributed by atoms with Crippen LogP contribution >= 0.6 is 0 Å². The molecule has 166 valence electrons. The van der Waals surface area contributed by atoms with Crippen molar-refractivity contribution in [3.8, 4) is 0 Å². The fourth-order valence-electron chi connectivity index (χ4n) is 8.73. The van der Waals surface area contributed by atoms with E-state index < -0.39 is 0 Å². The van der Waals surface area contributed by atoms with Crippen molar-refractivity contribution in [1.29, 1.82) is 0 Å². The molecule has 4 rings (SSSR count). The summed E-state index contributed by atoms with van der Waals surface area (Å²) in [7, 11) is 0. The van der Waals surface area contributed by atoms with Crippen LogP contribution in [0.4, 0.5) is 0 Å². The van der Waals surface area contributed by atoms with E-state index in [9.17, 15) is 10.2 Å². The van der Waals surface area contributed by atoms with Crippen LogP contribution in [0.25, 0.3) is 0 Å². The third-order valence-corrected chi connectivity index (χ3v) is 10.4. The molecule has 2 heteroatoms. The largest absolute Gasteiger partial charge is 0.393 e. The molecule has 2 N–H and O–H groups in total. The van der Waals surface area contributed by atoms with Gasteiger partial charge < -0.3 is 10.2 Å². The maximum absolute atomic E-state index is 11.1. The van der Waals surface area contributed by atoms with Gasteiger partial charge in [0.2, 0.25) is 0 Å². The van der Waals surface area contributed by atoms with Gasteiger partial charge in [0.15, 0.2) is 0 Å². The molecule has 3 fully saturated rings. The van der Waals surface area contributed by atoms with Crippen molar-refractivity contribution in [1.82, 2.24) is 0 Å². The number of aliphatic hydroxyl groups is 2. The topological polar surface area (TPSA) is 40.5 Å². The molecule has 4 aliphatic carbocycles. The third kappa shape index (κ3) is 3.55. The van der Waals surface area contributed by atoms with Crippen molar-refractivity contribution in [3.05, 3.63) is 11.6 Å². The van der Waals surface area contributed by atoms with Gasteiger partial charge in [0, 0.05) is 11.8 Å². The first-order chi connectivity index (χ1) is 13.7. The van der Waals surface area contributed by atoms with Gasteiger partial charge in [-0.15, -0.1) is 0 Å². The summed E-state index contributed by atoms with van der Waals surface area (Å²) in [4.78, 5) is 0. The summed E-state index contributed by atoms with van der Waals surface area (Å²) in [6, 6.07) is 0. The number of allylic oxidation sites excluding steroid dienone is 1. The molecule has 0 heterocycles. The van der Waals surface area contributed by atoms with Gasteiger partial charge in [0.25, 0.3) is 0 Å². The van der Waals surface area contributed by atoms with Gasteiger partial charge in [-0.25, -0.2) is 0 Å². The van der Waals surface area contributed by atoms with E-state index in [-0.39, 0.29) is 17.6 Å². The first kappa shape index (κ1) is 21.9. The molecule has 0 aliphatic heterocycles. The standard InChI is InChI=1S/C27H46O2/c1-17(2)7-6-8-18(3)22-11-12-23-21-10-9-19-15-20(28)16-25(29)27(19,5)24(21)13-14-26(22,23)4/h9,17-18,20-25,28-29H,6-8,10-16H2,1-5H3/t18-,20+,21+,22-,23+,24+,25+,26-,27+/m1/s1. The monoisotopic (exact) mass is 402 g/mol. The van der Waals surface area contributed by atoms with Gasteiger partial charge in [0.05, 0.1) is 12.2 Å². The second-order valence-corrected chi connectivity index (χ2v) is 12.3. The molecule has 2 nitrogen and oxygen atoms in total. The molecular weight excluding hydrogens is 356 g/mol. The molecule has 0 spiro atoms. The Hall–Kier alpha value is -0.340. The molecule has 0 aromatic heterocycles. The van der Waals surface area contributed by atoms with Crippen molar-refractivity contribution in [2.24, 2.45) is 46.3 Å². The predicted molar refractivity (Wildman–Crippen MR) is 120 cm³/mol. The highest BCUT2D eigenvalue weighted by atomic mass is 16.3. The average Bonchev–Trinajstić information content (AvgIpc) is 3.00. The van der Waals surface area contributed by atoms with Crippen LogP contribution in [-0.2, 0) is 0 Å². The summed E-state index contributed by atoms with van der Waals surface area (Å²) in [5, 5.41) is 21.3. The predicted octanol–water partition coefficient (Wildman–Crippen LogP) is 6.36. The number of hydrogen-bond acceptors (Lipinski definition) is 2. The highest BCUT2D eigenvalue weighted by Crippen LogP contribution is 2.67. The second kappa shape index (κ2) is 7.97. The Kier molecular flexibility index (Phi) is 6.01. The van der Waals surface area contributed by atoms with Crippen molar-refractivity contribution in [2.45, 2.75) is 111 Å². The maximum Gasteiger partial charge on any atom is 0.0658 e. The Morgan fingerprint density at radius 1 is 1.03 bits per heavy atom. The normalized spacial score (nSPS) is 47.9. The first-order valence-corrected chi connectivity index (χ1v) is 12.7. The van der Waals surface area contributed by atoms with Gasteiger partial charge in [-0.3, -0.25) is 0 Å². The molecular formula is C27H46O2. The van der Waals surface area contributed by atoms with Crippen LogP contribution < -0.4 is 0 Å². The van der Waals surface area contributed by atoms with Crippen LogP contribution in [0.15, 0.2) is 11.6 Å². The summed E-state index contributed by atoms with van der Waals surface area (Å²) in [5.41, 5.74) is 1.77. The van der Waals surface area contributed by atoms with Crippen LogP contribution in [0.1, 0.15) is 98.8 Å². The van der Waals surface area contributed by atoms with E-state index in [4.69, 9.17) is 0 Å². The van der Waals surface area contributed by atoms with Crippen LogP contribution in [0, 0.1) is 46.3 Å². The Morgan fingerprint density at radius 2 is 1.79 bits per heavy atom. The Balaban J connectivity index is 1.52. The molecule has 0 amide bonds. The smallest absolute Gasteiger partial charge is 0.0658 e. The van der Waals surface area contributed by atoms with Gasteiger partial charge in [-0.1, -0.05) is 65.5 Å². The number of fused-ring (bicyclic) bond motifs is 5. The van der Waals surface area contributed by atoms with E-state index in [2.05, 4.69) is 40.7 Å². The number of hydrogen-bond donors (Lipinski definition) is 2. The molecule has 0 bridgehead atoms. The molecule has 4 aliphatic rings. The zero-order chi connectivity index (χ0) is 21.0. The molecule has 9 atom stereocenters. The molecule has 0 saturated heterocycles. The minimum atomic E-state index is -0.373. The molecule has 29 heavy (non-hydrogen) atoms. The van der Waals surface area contributed by atoms with Crippen molar-refractivity contribution in [3.63, 3.8) is 0 Å². The Labute approximate surface area is 179 Å². The van der Waals surface area contributed by atoms with Crippen LogP contribution in [-0.4, -0.2) is 22.4 Å². The molecule has 0 unspecified atom stereocenters. The van der Waals surface area contributed by atoms with Crippen molar-refractivity contribution >= 4 is 0 Å². The SMILES string of the molecule is CC(C)CCC[C@@H](C)[C@H]1CC[C@H]2[C@@H]3CC=C4C[C@H](O)C[C@H](O)[C@]4(C)[C@H]3CC[C@]12C. The lowest BCUT2D eigenvalue weighted by Gasteiger charge is -2.59. The van der Waals surface area contributed by atoms with Gasteiger partial charge >= 0.3 is 0 Å². The lowest BCUT2D eigenvalue weighted by atomic mass is 9.46. The Morgan fingerprint density at radius 3 is 2.52 bits per heavy atom. The highest BCUT2D eigenvalue weighted by Gasteiger charge is 2.60. The quantitative estimate of drug-likeness (QED) is 0.525. The zero-order valence-corrected chi connectivity index (χ0v) is 19.7. The average molecular weight is 403 g/mol.